The van der Waals surface area contributed by atoms with Crippen molar-refractivity contribution >= 4 is 35.1 Å². The maximum absolute atomic E-state index is 13.7. The van der Waals surface area contributed by atoms with Gasteiger partial charge in [0.05, 0.1) is 21.7 Å². The maximum Gasteiger partial charge on any atom is 0.326 e. The Morgan fingerprint density at radius 2 is 1.72 bits per heavy atom. The van der Waals surface area contributed by atoms with Crippen LogP contribution in [0.2, 0.25) is 0 Å². The van der Waals surface area contributed by atoms with Gasteiger partial charge in [0.25, 0.3) is 23.4 Å². The molecule has 0 saturated carbocycles. The summed E-state index contributed by atoms with van der Waals surface area (Å²) in [6.45, 7) is -1.55. The van der Waals surface area contributed by atoms with Crippen LogP contribution in [-0.4, -0.2) is 46.7 Å². The van der Waals surface area contributed by atoms with Crippen molar-refractivity contribution in [1.82, 2.24) is 4.90 Å². The van der Waals surface area contributed by atoms with Gasteiger partial charge in [0.2, 0.25) is 0 Å². The highest BCUT2D eigenvalue weighted by Crippen LogP contribution is 2.22. The molecular weight excluding hydrogens is 389 g/mol. The Labute approximate surface area is 162 Å². The summed E-state index contributed by atoms with van der Waals surface area (Å²) in [7, 11) is 0. The topological polar surface area (TPSA) is 136 Å². The number of ether oxygens (including phenoxy) is 1. The number of non-ortho nitro benzene ring substituents is 1. The Hall–Kier alpha value is -4.15. The number of nitrogens with one attached hydrogen (secondary N) is 1. The van der Waals surface area contributed by atoms with Crippen LogP contribution in [0.15, 0.2) is 42.5 Å². The number of carbonyl (C=O) groups is 4. The maximum atomic E-state index is 13.7. The van der Waals surface area contributed by atoms with Crippen molar-refractivity contribution in [2.45, 2.75) is 0 Å². The monoisotopic (exact) mass is 401 g/mol. The van der Waals surface area contributed by atoms with Crippen molar-refractivity contribution in [1.29, 1.82) is 0 Å². The molecule has 1 heterocycles. The molecule has 0 unspecified atom stereocenters. The zero-order valence-corrected chi connectivity index (χ0v) is 14.6. The average Bonchev–Trinajstić information content (AvgIpc) is 2.93. The molecule has 10 nitrogen and oxygen atoms in total. The molecule has 0 radical (unpaired) electrons. The van der Waals surface area contributed by atoms with E-state index in [0.717, 1.165) is 18.2 Å². The highest BCUT2D eigenvalue weighted by atomic mass is 19.1. The van der Waals surface area contributed by atoms with E-state index in [2.05, 4.69) is 0 Å². The van der Waals surface area contributed by atoms with E-state index in [1.54, 1.807) is 12.1 Å². The molecule has 2 aromatic carbocycles. The fourth-order valence-electron chi connectivity index (χ4n) is 2.61. The van der Waals surface area contributed by atoms with Gasteiger partial charge in [0.15, 0.2) is 6.61 Å². The molecular formula is C18H12FN3O7. The summed E-state index contributed by atoms with van der Waals surface area (Å²) in [5, 5.41) is 12.7. The summed E-state index contributed by atoms with van der Waals surface area (Å²) in [6.07, 6.45) is 0. The van der Waals surface area contributed by atoms with Gasteiger partial charge in [-0.25, -0.2) is 4.39 Å². The van der Waals surface area contributed by atoms with E-state index in [-0.39, 0.29) is 11.1 Å². The van der Waals surface area contributed by atoms with Crippen molar-refractivity contribution in [3.05, 3.63) is 69.5 Å². The first-order chi connectivity index (χ1) is 13.8. The normalized spacial score (nSPS) is 12.5. The number of esters is 1. The van der Waals surface area contributed by atoms with Gasteiger partial charge in [-0.1, -0.05) is 12.1 Å². The lowest BCUT2D eigenvalue weighted by Crippen LogP contribution is -2.36. The number of nitrogens with zero attached hydrogens (tertiary/aromatic N) is 2. The van der Waals surface area contributed by atoms with E-state index in [9.17, 15) is 33.7 Å². The molecule has 1 aliphatic rings. The smallest absolute Gasteiger partial charge is 0.326 e. The summed E-state index contributed by atoms with van der Waals surface area (Å²) in [6, 6.07) is 8.58. The molecule has 3 rings (SSSR count). The first-order valence-corrected chi connectivity index (χ1v) is 8.12. The fourth-order valence-corrected chi connectivity index (χ4v) is 2.61. The largest absolute Gasteiger partial charge is 0.454 e. The highest BCUT2D eigenvalue weighted by Gasteiger charge is 2.36. The first kappa shape index (κ1) is 19.6. The number of anilines is 1. The van der Waals surface area contributed by atoms with Gasteiger partial charge < -0.3 is 10.1 Å². The summed E-state index contributed by atoms with van der Waals surface area (Å²) < 4.78 is 18.3. The number of fused-ring (bicyclic) bond motifs is 1. The molecule has 1 N–H and O–H groups in total. The third-order valence-electron chi connectivity index (χ3n) is 3.96. The zero-order valence-electron chi connectivity index (χ0n) is 14.6. The lowest BCUT2D eigenvalue weighted by molar-refractivity contribution is -0.384. The number of imide groups is 1. The van der Waals surface area contributed by atoms with Crippen LogP contribution in [0.5, 0.6) is 0 Å². The number of nitro benzene ring substituents is 1. The lowest BCUT2D eigenvalue weighted by Gasteiger charge is -2.13. The van der Waals surface area contributed by atoms with Crippen LogP contribution in [-0.2, 0) is 14.3 Å². The summed E-state index contributed by atoms with van der Waals surface area (Å²) in [5.74, 6) is -4.23. The van der Waals surface area contributed by atoms with E-state index >= 15 is 0 Å². The standard InChI is InChI=1S/C18H12FN3O7/c19-13-6-5-10(22(27)28)7-14(13)20-15(23)9-29-16(24)8-21-17(25)11-3-1-2-4-12(11)18(21)26/h1-7H,8-9H2,(H,20,23). The van der Waals surface area contributed by atoms with Gasteiger partial charge in [-0.2, -0.15) is 0 Å². The van der Waals surface area contributed by atoms with Crippen molar-refractivity contribution in [2.24, 2.45) is 0 Å². The number of hydrogen-bond acceptors (Lipinski definition) is 7. The minimum atomic E-state index is -1.03. The molecule has 148 valence electrons. The Balaban J connectivity index is 1.56. The molecule has 0 aliphatic carbocycles. The Kier molecular flexibility index (Phi) is 5.30. The van der Waals surface area contributed by atoms with Crippen LogP contribution in [0, 0.1) is 15.9 Å². The predicted octanol–water partition coefficient (Wildman–Crippen LogP) is 1.51. The Morgan fingerprint density at radius 1 is 1.10 bits per heavy atom. The summed E-state index contributed by atoms with van der Waals surface area (Å²) in [4.78, 5) is 58.7. The number of halogens is 1. The zero-order chi connectivity index (χ0) is 21.1. The Morgan fingerprint density at radius 3 is 2.31 bits per heavy atom. The van der Waals surface area contributed by atoms with Crippen LogP contribution in [0.25, 0.3) is 0 Å². The number of amides is 3. The third kappa shape index (κ3) is 4.08. The molecule has 0 saturated heterocycles. The highest BCUT2D eigenvalue weighted by molar-refractivity contribution is 6.22. The minimum Gasteiger partial charge on any atom is -0.454 e. The van der Waals surface area contributed by atoms with Crippen LogP contribution >= 0.6 is 0 Å². The minimum absolute atomic E-state index is 0.157. The van der Waals surface area contributed by atoms with Gasteiger partial charge in [-0.15, -0.1) is 0 Å². The quantitative estimate of drug-likeness (QED) is 0.335. The average molecular weight is 401 g/mol. The van der Waals surface area contributed by atoms with E-state index in [1.165, 1.54) is 12.1 Å². The van der Waals surface area contributed by atoms with Crippen LogP contribution in [0.4, 0.5) is 15.8 Å². The van der Waals surface area contributed by atoms with Crippen LogP contribution in [0.1, 0.15) is 20.7 Å². The molecule has 0 bridgehead atoms. The van der Waals surface area contributed by atoms with Gasteiger partial charge >= 0.3 is 5.97 Å². The summed E-state index contributed by atoms with van der Waals surface area (Å²) in [5.41, 5.74) is -0.585. The lowest BCUT2D eigenvalue weighted by atomic mass is 10.1. The van der Waals surface area contributed by atoms with Crippen LogP contribution in [0.3, 0.4) is 0 Å². The Bertz CT molecular complexity index is 1020. The van der Waals surface area contributed by atoms with Gasteiger partial charge in [-0.3, -0.25) is 34.2 Å². The number of carbonyl (C=O) groups excluding carboxylic acids is 4. The van der Waals surface area contributed by atoms with Crippen molar-refractivity contribution in [2.75, 3.05) is 18.5 Å². The molecule has 0 atom stereocenters. The van der Waals surface area contributed by atoms with Crippen molar-refractivity contribution in [3.63, 3.8) is 0 Å². The molecule has 2 aromatic rings. The molecule has 3 amide bonds. The van der Waals surface area contributed by atoms with Crippen molar-refractivity contribution < 1.29 is 33.2 Å². The molecule has 0 aromatic heterocycles. The number of hydrogen-bond donors (Lipinski definition) is 1. The predicted molar refractivity (Wildman–Crippen MR) is 94.5 cm³/mol. The second kappa shape index (κ2) is 7.84. The van der Waals surface area contributed by atoms with E-state index in [1.807, 2.05) is 5.32 Å². The van der Waals surface area contributed by atoms with E-state index in [0.29, 0.717) is 4.90 Å². The van der Waals surface area contributed by atoms with Gasteiger partial charge in [-0.05, 0) is 18.2 Å². The van der Waals surface area contributed by atoms with E-state index in [4.69, 9.17) is 4.74 Å². The second-order valence-corrected chi connectivity index (χ2v) is 5.87. The molecule has 0 spiro atoms. The number of nitro groups is 1. The van der Waals surface area contributed by atoms with Crippen molar-refractivity contribution in [3.8, 4) is 0 Å². The van der Waals surface area contributed by atoms with E-state index < -0.39 is 59.0 Å². The molecule has 29 heavy (non-hydrogen) atoms. The molecule has 0 fully saturated rings. The molecule has 1 aliphatic heterocycles. The number of benzene rings is 2. The first-order valence-electron chi connectivity index (χ1n) is 8.12. The van der Waals surface area contributed by atoms with Crippen LogP contribution < -0.4 is 5.32 Å². The fraction of sp³-hybridized carbons (Fsp3) is 0.111. The second-order valence-electron chi connectivity index (χ2n) is 5.87. The number of rotatable bonds is 6. The SMILES string of the molecule is O=C(COC(=O)CN1C(=O)c2ccccc2C1=O)Nc1cc([N+](=O)[O-])ccc1F. The molecule has 11 heteroatoms. The third-order valence-corrected chi connectivity index (χ3v) is 3.96. The van der Waals surface area contributed by atoms with Gasteiger partial charge in [0.1, 0.15) is 12.4 Å². The summed E-state index contributed by atoms with van der Waals surface area (Å²) >= 11 is 0. The van der Waals surface area contributed by atoms with Gasteiger partial charge in [0, 0.05) is 12.1 Å².